The lowest BCUT2D eigenvalue weighted by Gasteiger charge is -2.11. The summed E-state index contributed by atoms with van der Waals surface area (Å²) in [5.74, 6) is 1.72. The van der Waals surface area contributed by atoms with Gasteiger partial charge in [-0.05, 0) is 61.4 Å². The molecule has 4 heteroatoms. The lowest BCUT2D eigenvalue weighted by molar-refractivity contribution is 0.414. The molecule has 1 aliphatic rings. The van der Waals surface area contributed by atoms with Gasteiger partial charge in [-0.3, -0.25) is 0 Å². The average molecular weight is 320 g/mol. The van der Waals surface area contributed by atoms with Gasteiger partial charge >= 0.3 is 0 Å². The molecule has 0 saturated heterocycles. The van der Waals surface area contributed by atoms with Gasteiger partial charge < -0.3 is 14.0 Å². The van der Waals surface area contributed by atoms with E-state index in [1.54, 1.807) is 14.2 Å². The zero-order valence-corrected chi connectivity index (χ0v) is 13.9. The second-order valence-corrected chi connectivity index (χ2v) is 6.04. The summed E-state index contributed by atoms with van der Waals surface area (Å²) in [7, 11) is 3.37. The van der Waals surface area contributed by atoms with Crippen molar-refractivity contribution in [2.75, 3.05) is 14.2 Å². The third-order valence-electron chi connectivity index (χ3n) is 4.46. The fourth-order valence-electron chi connectivity index (χ4n) is 2.99. The van der Waals surface area contributed by atoms with Gasteiger partial charge in [-0.25, -0.2) is 4.98 Å². The van der Waals surface area contributed by atoms with Crippen molar-refractivity contribution in [1.29, 1.82) is 0 Å². The number of aromatic nitrogens is 2. The standard InChI is InChI=1S/C20H20N2O2/c1-23-17-9-3-14(4-10-17)19-20(22(13-21-19)16-7-8-16)15-5-11-18(24-2)12-6-15/h3-6,9-13,16H,7-8H2,1-2H3. The largest absolute Gasteiger partial charge is 0.497 e. The van der Waals surface area contributed by atoms with Crippen LogP contribution in [0.2, 0.25) is 0 Å². The Labute approximate surface area is 141 Å². The Hall–Kier alpha value is -2.75. The summed E-state index contributed by atoms with van der Waals surface area (Å²) in [5.41, 5.74) is 4.44. The van der Waals surface area contributed by atoms with E-state index in [1.165, 1.54) is 18.5 Å². The van der Waals surface area contributed by atoms with Crippen LogP contribution in [0.3, 0.4) is 0 Å². The van der Waals surface area contributed by atoms with E-state index in [0.717, 1.165) is 28.3 Å². The predicted octanol–water partition coefficient (Wildman–Crippen LogP) is 4.57. The Bertz CT molecular complexity index is 831. The van der Waals surface area contributed by atoms with Crippen LogP contribution in [0, 0.1) is 0 Å². The van der Waals surface area contributed by atoms with Gasteiger partial charge in [0, 0.05) is 17.2 Å². The van der Waals surface area contributed by atoms with E-state index < -0.39 is 0 Å². The van der Waals surface area contributed by atoms with Crippen LogP contribution in [0.25, 0.3) is 22.5 Å². The zero-order chi connectivity index (χ0) is 16.5. The summed E-state index contributed by atoms with van der Waals surface area (Å²) in [5, 5.41) is 0. The van der Waals surface area contributed by atoms with Crippen LogP contribution in [0.1, 0.15) is 18.9 Å². The molecule has 0 amide bonds. The Kier molecular flexibility index (Phi) is 3.73. The zero-order valence-electron chi connectivity index (χ0n) is 13.9. The molecule has 24 heavy (non-hydrogen) atoms. The summed E-state index contributed by atoms with van der Waals surface area (Å²) >= 11 is 0. The van der Waals surface area contributed by atoms with Crippen LogP contribution >= 0.6 is 0 Å². The van der Waals surface area contributed by atoms with E-state index >= 15 is 0 Å². The minimum absolute atomic E-state index is 0.571. The van der Waals surface area contributed by atoms with Crippen LogP contribution in [-0.2, 0) is 0 Å². The van der Waals surface area contributed by atoms with Crippen LogP contribution in [0.4, 0.5) is 0 Å². The first kappa shape index (κ1) is 14.8. The van der Waals surface area contributed by atoms with Crippen molar-refractivity contribution >= 4 is 0 Å². The number of imidazole rings is 1. The number of nitrogens with zero attached hydrogens (tertiary/aromatic N) is 2. The van der Waals surface area contributed by atoms with Crippen molar-refractivity contribution in [3.05, 3.63) is 54.9 Å². The second kappa shape index (κ2) is 6.04. The molecule has 0 unspecified atom stereocenters. The minimum Gasteiger partial charge on any atom is -0.497 e. The molecule has 4 nitrogen and oxygen atoms in total. The van der Waals surface area contributed by atoms with Gasteiger partial charge in [-0.1, -0.05) is 0 Å². The Morgan fingerprint density at radius 1 is 0.833 bits per heavy atom. The fourth-order valence-corrected chi connectivity index (χ4v) is 2.99. The smallest absolute Gasteiger partial charge is 0.118 e. The summed E-state index contributed by atoms with van der Waals surface area (Å²) in [6, 6.07) is 16.8. The number of rotatable bonds is 5. The highest BCUT2D eigenvalue weighted by atomic mass is 16.5. The van der Waals surface area contributed by atoms with E-state index in [0.29, 0.717) is 6.04 Å². The fraction of sp³-hybridized carbons (Fsp3) is 0.250. The molecular formula is C20H20N2O2. The maximum atomic E-state index is 5.28. The molecule has 2 aromatic carbocycles. The van der Waals surface area contributed by atoms with Crippen LogP contribution < -0.4 is 9.47 Å². The van der Waals surface area contributed by atoms with Crippen molar-refractivity contribution < 1.29 is 9.47 Å². The summed E-state index contributed by atoms with van der Waals surface area (Å²) in [6.45, 7) is 0. The van der Waals surface area contributed by atoms with Gasteiger partial charge in [0.05, 0.1) is 31.9 Å². The van der Waals surface area contributed by atoms with E-state index in [2.05, 4.69) is 28.8 Å². The van der Waals surface area contributed by atoms with Crippen molar-refractivity contribution in [1.82, 2.24) is 9.55 Å². The lowest BCUT2D eigenvalue weighted by Crippen LogP contribution is -1.96. The number of methoxy groups -OCH3 is 2. The summed E-state index contributed by atoms with van der Waals surface area (Å²) in [4.78, 5) is 4.71. The van der Waals surface area contributed by atoms with Gasteiger partial charge in [0.25, 0.3) is 0 Å². The van der Waals surface area contributed by atoms with E-state index in [9.17, 15) is 0 Å². The molecule has 0 N–H and O–H groups in total. The monoisotopic (exact) mass is 320 g/mol. The average Bonchev–Trinajstić information content (AvgIpc) is 3.40. The SMILES string of the molecule is COc1ccc(-c2ncn(C3CC3)c2-c2ccc(OC)cc2)cc1. The molecule has 0 atom stereocenters. The van der Waals surface area contributed by atoms with Crippen molar-refractivity contribution in [2.24, 2.45) is 0 Å². The van der Waals surface area contributed by atoms with Crippen molar-refractivity contribution in [3.8, 4) is 34.0 Å². The van der Waals surface area contributed by atoms with E-state index in [1.807, 2.05) is 30.6 Å². The maximum Gasteiger partial charge on any atom is 0.118 e. The summed E-state index contributed by atoms with van der Waals surface area (Å²) in [6.07, 6.45) is 4.42. The Balaban J connectivity index is 1.81. The molecule has 122 valence electrons. The molecule has 1 saturated carbocycles. The first-order valence-electron chi connectivity index (χ1n) is 8.16. The molecule has 1 aromatic heterocycles. The number of hydrogen-bond acceptors (Lipinski definition) is 3. The molecule has 0 spiro atoms. The van der Waals surface area contributed by atoms with E-state index in [4.69, 9.17) is 14.5 Å². The molecular weight excluding hydrogens is 300 g/mol. The lowest BCUT2D eigenvalue weighted by atomic mass is 10.0. The summed E-state index contributed by atoms with van der Waals surface area (Å²) < 4.78 is 12.8. The highest BCUT2D eigenvalue weighted by Crippen LogP contribution is 2.42. The van der Waals surface area contributed by atoms with Crippen LogP contribution in [0.5, 0.6) is 11.5 Å². The van der Waals surface area contributed by atoms with Crippen LogP contribution in [0.15, 0.2) is 54.9 Å². The Morgan fingerprint density at radius 3 is 1.88 bits per heavy atom. The third kappa shape index (κ3) is 2.64. The third-order valence-corrected chi connectivity index (χ3v) is 4.46. The first-order chi connectivity index (χ1) is 11.8. The minimum atomic E-state index is 0.571. The molecule has 1 fully saturated rings. The topological polar surface area (TPSA) is 36.3 Å². The predicted molar refractivity (Wildman–Crippen MR) is 94.5 cm³/mol. The Morgan fingerprint density at radius 2 is 1.38 bits per heavy atom. The highest BCUT2D eigenvalue weighted by molar-refractivity contribution is 5.79. The van der Waals surface area contributed by atoms with Gasteiger partial charge in [0.1, 0.15) is 11.5 Å². The normalized spacial score (nSPS) is 13.8. The molecule has 3 aromatic rings. The number of hydrogen-bond donors (Lipinski definition) is 0. The molecule has 4 rings (SSSR count). The van der Waals surface area contributed by atoms with Crippen molar-refractivity contribution in [3.63, 3.8) is 0 Å². The quantitative estimate of drug-likeness (QED) is 0.691. The van der Waals surface area contributed by atoms with Crippen LogP contribution in [-0.4, -0.2) is 23.8 Å². The molecule has 0 radical (unpaired) electrons. The number of benzene rings is 2. The van der Waals surface area contributed by atoms with Crippen molar-refractivity contribution in [2.45, 2.75) is 18.9 Å². The van der Waals surface area contributed by atoms with Gasteiger partial charge in [0.15, 0.2) is 0 Å². The van der Waals surface area contributed by atoms with Gasteiger partial charge in [-0.15, -0.1) is 0 Å². The molecule has 0 bridgehead atoms. The van der Waals surface area contributed by atoms with Gasteiger partial charge in [0.2, 0.25) is 0 Å². The second-order valence-electron chi connectivity index (χ2n) is 6.04. The van der Waals surface area contributed by atoms with Gasteiger partial charge in [-0.2, -0.15) is 0 Å². The maximum absolute atomic E-state index is 5.28. The molecule has 1 heterocycles. The number of ether oxygens (including phenoxy) is 2. The first-order valence-corrected chi connectivity index (χ1v) is 8.16. The molecule has 0 aliphatic heterocycles. The highest BCUT2D eigenvalue weighted by Gasteiger charge is 2.28. The molecule has 1 aliphatic carbocycles. The van der Waals surface area contributed by atoms with E-state index in [-0.39, 0.29) is 0 Å².